The largest absolute Gasteiger partial charge is 0.481 e. The van der Waals surface area contributed by atoms with Crippen molar-refractivity contribution in [2.75, 3.05) is 19.7 Å². The van der Waals surface area contributed by atoms with Crippen LogP contribution in [0.1, 0.15) is 30.9 Å². The Bertz CT molecular complexity index is 375. The van der Waals surface area contributed by atoms with Crippen molar-refractivity contribution in [2.24, 2.45) is 0 Å². The molecule has 106 valence electrons. The second kappa shape index (κ2) is 8.67. The average molecular weight is 265 g/mol. The third-order valence-electron chi connectivity index (χ3n) is 3.03. The first-order valence-electron chi connectivity index (χ1n) is 6.78. The van der Waals surface area contributed by atoms with E-state index in [0.29, 0.717) is 6.54 Å². The molecule has 0 unspecified atom stereocenters. The van der Waals surface area contributed by atoms with Crippen LogP contribution in [0.3, 0.4) is 0 Å². The van der Waals surface area contributed by atoms with Crippen LogP contribution in [0.25, 0.3) is 0 Å². The van der Waals surface area contributed by atoms with Crippen LogP contribution in [-0.4, -0.2) is 40.8 Å². The maximum atomic E-state index is 10.6. The summed E-state index contributed by atoms with van der Waals surface area (Å²) in [6, 6.07) is 7.66. The van der Waals surface area contributed by atoms with Crippen LogP contribution in [0.15, 0.2) is 24.3 Å². The van der Waals surface area contributed by atoms with Gasteiger partial charge in [0.2, 0.25) is 0 Å². The van der Waals surface area contributed by atoms with Crippen LogP contribution in [0.2, 0.25) is 0 Å². The third kappa shape index (κ3) is 6.36. The highest BCUT2D eigenvalue weighted by atomic mass is 16.4. The number of benzene rings is 1. The lowest BCUT2D eigenvalue weighted by molar-refractivity contribution is -0.136. The molecule has 2 N–H and O–H groups in total. The Morgan fingerprint density at radius 2 is 1.79 bits per heavy atom. The second-order valence-electron chi connectivity index (χ2n) is 4.74. The van der Waals surface area contributed by atoms with Gasteiger partial charge in [-0.2, -0.15) is 0 Å². The number of carboxylic acids is 1. The molecule has 4 heteroatoms. The fourth-order valence-corrected chi connectivity index (χ4v) is 1.99. The summed E-state index contributed by atoms with van der Waals surface area (Å²) >= 11 is 0. The molecule has 0 bridgehead atoms. The summed E-state index contributed by atoms with van der Waals surface area (Å²) < 4.78 is 0. The molecule has 19 heavy (non-hydrogen) atoms. The lowest BCUT2D eigenvalue weighted by Crippen LogP contribution is -2.27. The molecule has 4 nitrogen and oxygen atoms in total. The summed E-state index contributed by atoms with van der Waals surface area (Å²) in [7, 11) is 0. The summed E-state index contributed by atoms with van der Waals surface area (Å²) in [5.41, 5.74) is 1.97. The number of carbonyl (C=O) groups is 1. The molecule has 0 aliphatic carbocycles. The van der Waals surface area contributed by atoms with E-state index >= 15 is 0 Å². The van der Waals surface area contributed by atoms with Crippen molar-refractivity contribution < 1.29 is 15.0 Å². The van der Waals surface area contributed by atoms with Crippen molar-refractivity contribution >= 4 is 5.97 Å². The standard InChI is InChI=1S/C15H23NO3/c1-2-3-8-16(9-10-17)12-14-6-4-13(5-7-14)11-15(18)19/h4-7,17H,2-3,8-12H2,1H3,(H,18,19). The van der Waals surface area contributed by atoms with E-state index in [4.69, 9.17) is 10.2 Å². The van der Waals surface area contributed by atoms with Gasteiger partial charge in [-0.25, -0.2) is 0 Å². The van der Waals surface area contributed by atoms with Crippen LogP contribution in [-0.2, 0) is 17.8 Å². The fourth-order valence-electron chi connectivity index (χ4n) is 1.99. The third-order valence-corrected chi connectivity index (χ3v) is 3.03. The molecule has 0 aromatic heterocycles. The number of nitrogens with zero attached hydrogens (tertiary/aromatic N) is 1. The first-order valence-corrected chi connectivity index (χ1v) is 6.78. The Hall–Kier alpha value is -1.39. The molecule has 0 aliphatic rings. The van der Waals surface area contributed by atoms with E-state index in [9.17, 15) is 4.79 Å². The summed E-state index contributed by atoms with van der Waals surface area (Å²) in [6.07, 6.45) is 2.33. The first kappa shape index (κ1) is 15.7. The van der Waals surface area contributed by atoms with Gasteiger partial charge in [0, 0.05) is 13.1 Å². The van der Waals surface area contributed by atoms with E-state index in [0.717, 1.165) is 37.1 Å². The number of unbranched alkanes of at least 4 members (excludes halogenated alkanes) is 1. The Morgan fingerprint density at radius 1 is 1.16 bits per heavy atom. The van der Waals surface area contributed by atoms with Gasteiger partial charge in [-0.1, -0.05) is 37.6 Å². The van der Waals surface area contributed by atoms with Gasteiger partial charge in [0.05, 0.1) is 13.0 Å². The van der Waals surface area contributed by atoms with Crippen LogP contribution in [0.5, 0.6) is 0 Å². The molecule has 0 radical (unpaired) electrons. The van der Waals surface area contributed by atoms with Crippen LogP contribution >= 0.6 is 0 Å². The number of hydrogen-bond acceptors (Lipinski definition) is 3. The van der Waals surface area contributed by atoms with Crippen molar-refractivity contribution in [1.29, 1.82) is 0 Å². The van der Waals surface area contributed by atoms with Crippen molar-refractivity contribution in [3.63, 3.8) is 0 Å². The van der Waals surface area contributed by atoms with Gasteiger partial charge in [0.15, 0.2) is 0 Å². The molecule has 0 heterocycles. The number of aliphatic hydroxyl groups excluding tert-OH is 1. The molecular weight excluding hydrogens is 242 g/mol. The molecule has 0 atom stereocenters. The molecule has 0 saturated carbocycles. The zero-order chi connectivity index (χ0) is 14.1. The molecule has 0 spiro atoms. The topological polar surface area (TPSA) is 60.8 Å². The maximum absolute atomic E-state index is 10.6. The Balaban J connectivity index is 2.55. The predicted molar refractivity (Wildman–Crippen MR) is 75.1 cm³/mol. The summed E-state index contributed by atoms with van der Waals surface area (Å²) in [6.45, 7) is 4.78. The van der Waals surface area contributed by atoms with Gasteiger partial charge >= 0.3 is 5.97 Å². The number of carboxylic acid groups (broad SMARTS) is 1. The molecular formula is C15H23NO3. The van der Waals surface area contributed by atoms with Crippen LogP contribution < -0.4 is 0 Å². The van der Waals surface area contributed by atoms with E-state index < -0.39 is 5.97 Å². The molecule has 0 amide bonds. The number of rotatable bonds is 9. The minimum atomic E-state index is -0.808. The van der Waals surface area contributed by atoms with Crippen LogP contribution in [0, 0.1) is 0 Å². The molecule has 0 fully saturated rings. The summed E-state index contributed by atoms with van der Waals surface area (Å²) in [5.74, 6) is -0.808. The molecule has 0 aliphatic heterocycles. The number of aliphatic hydroxyl groups is 1. The quantitative estimate of drug-likeness (QED) is 0.716. The molecule has 1 rings (SSSR count). The summed E-state index contributed by atoms with van der Waals surface area (Å²) in [5, 5.41) is 17.8. The van der Waals surface area contributed by atoms with E-state index in [1.165, 1.54) is 0 Å². The Morgan fingerprint density at radius 3 is 2.32 bits per heavy atom. The SMILES string of the molecule is CCCCN(CCO)Cc1ccc(CC(=O)O)cc1. The van der Waals surface area contributed by atoms with Crippen molar-refractivity contribution in [1.82, 2.24) is 4.90 Å². The molecule has 0 saturated heterocycles. The van der Waals surface area contributed by atoms with Gasteiger partial charge in [-0.05, 0) is 24.1 Å². The van der Waals surface area contributed by atoms with E-state index in [1.54, 1.807) is 0 Å². The monoisotopic (exact) mass is 265 g/mol. The first-order chi connectivity index (χ1) is 9.15. The van der Waals surface area contributed by atoms with E-state index in [2.05, 4.69) is 11.8 Å². The molecule has 1 aromatic carbocycles. The van der Waals surface area contributed by atoms with E-state index in [1.807, 2.05) is 24.3 Å². The average Bonchev–Trinajstić information content (AvgIpc) is 2.38. The minimum absolute atomic E-state index is 0.0659. The zero-order valence-electron chi connectivity index (χ0n) is 11.5. The van der Waals surface area contributed by atoms with Crippen LogP contribution in [0.4, 0.5) is 0 Å². The highest BCUT2D eigenvalue weighted by molar-refractivity contribution is 5.70. The highest BCUT2D eigenvalue weighted by Gasteiger charge is 2.06. The zero-order valence-corrected chi connectivity index (χ0v) is 11.5. The normalized spacial score (nSPS) is 10.9. The lowest BCUT2D eigenvalue weighted by atomic mass is 10.1. The Labute approximate surface area is 114 Å². The Kier molecular flexibility index (Phi) is 7.15. The van der Waals surface area contributed by atoms with Crippen molar-refractivity contribution in [2.45, 2.75) is 32.7 Å². The maximum Gasteiger partial charge on any atom is 0.307 e. The summed E-state index contributed by atoms with van der Waals surface area (Å²) in [4.78, 5) is 12.8. The number of aliphatic carboxylic acids is 1. The lowest BCUT2D eigenvalue weighted by Gasteiger charge is -2.21. The van der Waals surface area contributed by atoms with Crippen molar-refractivity contribution in [3.05, 3.63) is 35.4 Å². The fraction of sp³-hybridized carbons (Fsp3) is 0.533. The van der Waals surface area contributed by atoms with Gasteiger partial charge in [0.25, 0.3) is 0 Å². The second-order valence-corrected chi connectivity index (χ2v) is 4.74. The smallest absolute Gasteiger partial charge is 0.307 e. The van der Waals surface area contributed by atoms with Crippen molar-refractivity contribution in [3.8, 4) is 0 Å². The predicted octanol–water partition coefficient (Wildman–Crippen LogP) is 1.91. The minimum Gasteiger partial charge on any atom is -0.481 e. The molecule has 1 aromatic rings. The van der Waals surface area contributed by atoms with Gasteiger partial charge in [-0.3, -0.25) is 9.69 Å². The van der Waals surface area contributed by atoms with Gasteiger partial charge < -0.3 is 10.2 Å². The number of hydrogen-bond donors (Lipinski definition) is 2. The van der Waals surface area contributed by atoms with Gasteiger partial charge in [0.1, 0.15) is 0 Å². The van der Waals surface area contributed by atoms with E-state index in [-0.39, 0.29) is 13.0 Å². The van der Waals surface area contributed by atoms with Gasteiger partial charge in [-0.15, -0.1) is 0 Å². The highest BCUT2D eigenvalue weighted by Crippen LogP contribution is 2.09.